The van der Waals surface area contributed by atoms with Crippen LogP contribution in [-0.4, -0.2) is 39.1 Å². The van der Waals surface area contributed by atoms with Crippen LogP contribution in [-0.2, 0) is 21.2 Å². The predicted octanol–water partition coefficient (Wildman–Crippen LogP) is 2.03. The van der Waals surface area contributed by atoms with E-state index in [-0.39, 0.29) is 17.3 Å². The largest absolute Gasteiger partial charge is 0.457 e. The first-order valence-corrected chi connectivity index (χ1v) is 9.40. The number of hydrogen-bond acceptors (Lipinski definition) is 6. The number of fused-ring (bicyclic) bond motifs is 1. The SMILES string of the molecule is CCS(=O)(=O)N1CCc2cc(C(=O)COC(=O)c3ccco3)ccc21. The minimum atomic E-state index is -3.32. The van der Waals surface area contributed by atoms with Crippen molar-refractivity contribution in [3.63, 3.8) is 0 Å². The zero-order chi connectivity index (χ0) is 18.0. The van der Waals surface area contributed by atoms with Crippen molar-refractivity contribution in [2.24, 2.45) is 0 Å². The summed E-state index contributed by atoms with van der Waals surface area (Å²) in [6.07, 6.45) is 1.89. The average molecular weight is 363 g/mol. The van der Waals surface area contributed by atoms with E-state index in [1.54, 1.807) is 31.2 Å². The first-order chi connectivity index (χ1) is 11.9. The monoisotopic (exact) mass is 363 g/mol. The van der Waals surface area contributed by atoms with Crippen LogP contribution in [0.15, 0.2) is 41.0 Å². The van der Waals surface area contributed by atoms with Crippen molar-refractivity contribution in [1.82, 2.24) is 0 Å². The summed E-state index contributed by atoms with van der Waals surface area (Å²) in [5, 5.41) is 0. The minimum Gasteiger partial charge on any atom is -0.457 e. The zero-order valence-corrected chi connectivity index (χ0v) is 14.4. The fourth-order valence-electron chi connectivity index (χ4n) is 2.67. The molecule has 0 unspecified atom stereocenters. The van der Waals surface area contributed by atoms with Gasteiger partial charge in [0, 0.05) is 12.1 Å². The van der Waals surface area contributed by atoms with Crippen LogP contribution in [0.25, 0.3) is 0 Å². The summed E-state index contributed by atoms with van der Waals surface area (Å²) in [6, 6.07) is 7.83. The van der Waals surface area contributed by atoms with Gasteiger partial charge in [-0.3, -0.25) is 9.10 Å². The van der Waals surface area contributed by atoms with E-state index >= 15 is 0 Å². The molecular formula is C17H17NO6S. The fourth-order valence-corrected chi connectivity index (χ4v) is 3.83. The molecule has 0 bridgehead atoms. The van der Waals surface area contributed by atoms with Gasteiger partial charge in [0.25, 0.3) is 0 Å². The van der Waals surface area contributed by atoms with Gasteiger partial charge in [-0.2, -0.15) is 0 Å². The lowest BCUT2D eigenvalue weighted by Crippen LogP contribution is -2.30. The van der Waals surface area contributed by atoms with Gasteiger partial charge in [0.15, 0.2) is 12.4 Å². The molecule has 0 amide bonds. The highest BCUT2D eigenvalue weighted by molar-refractivity contribution is 7.92. The number of hydrogen-bond donors (Lipinski definition) is 0. The quantitative estimate of drug-likeness (QED) is 0.576. The molecule has 2 heterocycles. The highest BCUT2D eigenvalue weighted by Crippen LogP contribution is 2.31. The lowest BCUT2D eigenvalue weighted by atomic mass is 10.1. The maximum absolute atomic E-state index is 12.2. The van der Waals surface area contributed by atoms with Crippen molar-refractivity contribution in [3.8, 4) is 0 Å². The van der Waals surface area contributed by atoms with Gasteiger partial charge in [-0.15, -0.1) is 0 Å². The Balaban J connectivity index is 1.70. The molecular weight excluding hydrogens is 346 g/mol. The van der Waals surface area contributed by atoms with E-state index < -0.39 is 22.6 Å². The number of ketones is 1. The van der Waals surface area contributed by atoms with Crippen molar-refractivity contribution in [1.29, 1.82) is 0 Å². The van der Waals surface area contributed by atoms with E-state index in [0.717, 1.165) is 5.56 Å². The van der Waals surface area contributed by atoms with Crippen LogP contribution in [0.4, 0.5) is 5.69 Å². The number of carbonyl (C=O) groups excluding carboxylic acids is 2. The van der Waals surface area contributed by atoms with Crippen LogP contribution in [0.1, 0.15) is 33.4 Å². The van der Waals surface area contributed by atoms with Crippen LogP contribution in [0.2, 0.25) is 0 Å². The summed E-state index contributed by atoms with van der Waals surface area (Å²) in [5.74, 6) is -1.02. The number of ether oxygens (including phenoxy) is 1. The Hall–Kier alpha value is -2.61. The van der Waals surface area contributed by atoms with E-state index in [1.165, 1.54) is 16.6 Å². The van der Waals surface area contributed by atoms with Gasteiger partial charge in [0.2, 0.25) is 15.8 Å². The van der Waals surface area contributed by atoms with Gasteiger partial charge in [0.1, 0.15) is 0 Å². The van der Waals surface area contributed by atoms with Gasteiger partial charge in [-0.25, -0.2) is 13.2 Å². The molecule has 1 aromatic carbocycles. The molecule has 7 nitrogen and oxygen atoms in total. The topological polar surface area (TPSA) is 93.9 Å². The number of rotatable bonds is 6. The van der Waals surface area contributed by atoms with Crippen molar-refractivity contribution in [2.75, 3.05) is 23.2 Å². The van der Waals surface area contributed by atoms with E-state index in [4.69, 9.17) is 9.15 Å². The molecule has 1 aliphatic rings. The first-order valence-electron chi connectivity index (χ1n) is 7.79. The van der Waals surface area contributed by atoms with Crippen LogP contribution in [0.5, 0.6) is 0 Å². The van der Waals surface area contributed by atoms with Crippen molar-refractivity contribution >= 4 is 27.5 Å². The summed E-state index contributed by atoms with van der Waals surface area (Å²) in [7, 11) is -3.32. The van der Waals surface area contributed by atoms with Crippen molar-refractivity contribution in [3.05, 3.63) is 53.5 Å². The molecule has 0 fully saturated rings. The molecule has 0 spiro atoms. The Labute approximate surface area is 145 Å². The molecule has 1 aromatic heterocycles. The Morgan fingerprint density at radius 2 is 2.08 bits per heavy atom. The number of carbonyl (C=O) groups is 2. The molecule has 3 rings (SSSR count). The lowest BCUT2D eigenvalue weighted by molar-refractivity contribution is 0.0444. The summed E-state index contributed by atoms with van der Waals surface area (Å²) in [5.41, 5.74) is 1.77. The van der Waals surface area contributed by atoms with Gasteiger partial charge >= 0.3 is 5.97 Å². The lowest BCUT2D eigenvalue weighted by Gasteiger charge is -2.18. The number of furan rings is 1. The molecule has 132 valence electrons. The maximum Gasteiger partial charge on any atom is 0.374 e. The van der Waals surface area contributed by atoms with E-state index in [9.17, 15) is 18.0 Å². The van der Waals surface area contributed by atoms with Crippen molar-refractivity contribution in [2.45, 2.75) is 13.3 Å². The number of sulfonamides is 1. The van der Waals surface area contributed by atoms with Crippen LogP contribution in [0, 0.1) is 0 Å². The predicted molar refractivity (Wildman–Crippen MR) is 90.3 cm³/mol. The molecule has 25 heavy (non-hydrogen) atoms. The average Bonchev–Trinajstić information content (AvgIpc) is 3.28. The highest BCUT2D eigenvalue weighted by atomic mass is 32.2. The Kier molecular flexibility index (Phi) is 4.63. The molecule has 0 saturated carbocycles. The normalized spacial score (nSPS) is 13.6. The molecule has 0 N–H and O–H groups in total. The number of nitrogens with zero attached hydrogens (tertiary/aromatic N) is 1. The minimum absolute atomic E-state index is 0.0237. The number of anilines is 1. The summed E-state index contributed by atoms with van der Waals surface area (Å²) in [4.78, 5) is 23.9. The second-order valence-electron chi connectivity index (χ2n) is 5.54. The Morgan fingerprint density at radius 1 is 1.28 bits per heavy atom. The third-order valence-electron chi connectivity index (χ3n) is 4.01. The summed E-state index contributed by atoms with van der Waals surface area (Å²) >= 11 is 0. The molecule has 0 saturated heterocycles. The summed E-state index contributed by atoms with van der Waals surface area (Å²) in [6.45, 7) is 1.56. The number of benzene rings is 1. The number of Topliss-reactive ketones (excluding diaryl/α,β-unsaturated/α-hetero) is 1. The molecule has 0 aliphatic carbocycles. The Bertz CT molecular complexity index is 901. The first kappa shape index (κ1) is 17.2. The van der Waals surface area contributed by atoms with Gasteiger partial charge in [-0.05, 0) is 49.2 Å². The van der Waals surface area contributed by atoms with Crippen LogP contribution < -0.4 is 4.31 Å². The molecule has 2 aromatic rings. The van der Waals surface area contributed by atoms with E-state index in [0.29, 0.717) is 24.2 Å². The fraction of sp³-hybridized carbons (Fsp3) is 0.294. The van der Waals surface area contributed by atoms with Gasteiger partial charge < -0.3 is 9.15 Å². The number of esters is 1. The maximum atomic E-state index is 12.2. The second kappa shape index (κ2) is 6.72. The smallest absolute Gasteiger partial charge is 0.374 e. The Morgan fingerprint density at radius 3 is 2.76 bits per heavy atom. The molecule has 1 aliphatic heterocycles. The standard InChI is InChI=1S/C17H17NO6S/c1-2-25(21,22)18-8-7-12-10-13(5-6-14(12)18)15(19)11-24-17(20)16-4-3-9-23-16/h3-6,9-10H,2,7-8,11H2,1H3. The van der Waals surface area contributed by atoms with Crippen molar-refractivity contribution < 1.29 is 27.2 Å². The van der Waals surface area contributed by atoms with Gasteiger partial charge in [0.05, 0.1) is 17.7 Å². The zero-order valence-electron chi connectivity index (χ0n) is 13.6. The van der Waals surface area contributed by atoms with E-state index in [2.05, 4.69) is 0 Å². The van der Waals surface area contributed by atoms with Crippen LogP contribution >= 0.6 is 0 Å². The second-order valence-corrected chi connectivity index (χ2v) is 7.72. The van der Waals surface area contributed by atoms with Gasteiger partial charge in [-0.1, -0.05) is 0 Å². The molecule has 0 radical (unpaired) electrons. The molecule has 0 atom stereocenters. The van der Waals surface area contributed by atoms with E-state index in [1.807, 2.05) is 0 Å². The third-order valence-corrected chi connectivity index (χ3v) is 5.79. The highest BCUT2D eigenvalue weighted by Gasteiger charge is 2.28. The third kappa shape index (κ3) is 3.43. The molecule has 8 heteroatoms. The summed E-state index contributed by atoms with van der Waals surface area (Å²) < 4.78 is 35.3. The van der Waals surface area contributed by atoms with Crippen LogP contribution in [0.3, 0.4) is 0 Å².